The molecule has 6 nitrogen and oxygen atoms in total. The summed E-state index contributed by atoms with van der Waals surface area (Å²) in [5.41, 5.74) is 1.22. The van der Waals surface area contributed by atoms with Crippen molar-refractivity contribution in [1.82, 2.24) is 19.4 Å². The van der Waals surface area contributed by atoms with Crippen LogP contribution in [0, 0.1) is 5.92 Å². The Kier molecular flexibility index (Phi) is 4.06. The minimum atomic E-state index is -0.227. The van der Waals surface area contributed by atoms with E-state index in [2.05, 4.69) is 9.88 Å². The number of nitrogens with zero attached hydrogens (tertiary/aromatic N) is 4. The minimum Gasteiger partial charge on any atom is -0.339 e. The standard InChI is InChI=1S/C18H22N4O2/c23-17-11-19-15-3-1-2-4-16(15)22(17)13-18(24)21-9-7-20(8-10-21)12-14-5-6-14/h1-4,11,14H,5-10,12-13H2. The van der Waals surface area contributed by atoms with Crippen LogP contribution in [0.1, 0.15) is 12.8 Å². The van der Waals surface area contributed by atoms with E-state index in [4.69, 9.17) is 0 Å². The first-order valence-corrected chi connectivity index (χ1v) is 8.65. The zero-order chi connectivity index (χ0) is 16.5. The molecule has 2 aromatic rings. The molecule has 1 aliphatic carbocycles. The molecule has 1 saturated heterocycles. The molecule has 2 heterocycles. The predicted octanol–water partition coefficient (Wildman–Crippen LogP) is 0.951. The van der Waals surface area contributed by atoms with Gasteiger partial charge in [0.1, 0.15) is 6.54 Å². The second-order valence-electron chi connectivity index (χ2n) is 6.80. The molecular weight excluding hydrogens is 304 g/mol. The van der Waals surface area contributed by atoms with E-state index in [0.717, 1.165) is 37.6 Å². The van der Waals surface area contributed by atoms with Crippen LogP contribution in [0.15, 0.2) is 35.3 Å². The van der Waals surface area contributed by atoms with Crippen molar-refractivity contribution >= 4 is 16.9 Å². The smallest absolute Gasteiger partial charge is 0.269 e. The lowest BCUT2D eigenvalue weighted by Gasteiger charge is -2.35. The summed E-state index contributed by atoms with van der Waals surface area (Å²) in [6.45, 7) is 4.65. The first kappa shape index (κ1) is 15.3. The molecule has 0 N–H and O–H groups in total. The van der Waals surface area contributed by atoms with Crippen LogP contribution in [0.3, 0.4) is 0 Å². The number of amides is 1. The largest absolute Gasteiger partial charge is 0.339 e. The van der Waals surface area contributed by atoms with Crippen molar-refractivity contribution in [3.8, 4) is 0 Å². The van der Waals surface area contributed by atoms with Crippen LogP contribution in [-0.2, 0) is 11.3 Å². The summed E-state index contributed by atoms with van der Waals surface area (Å²) in [4.78, 5) is 33.3. The van der Waals surface area contributed by atoms with Crippen molar-refractivity contribution in [1.29, 1.82) is 0 Å². The number of benzene rings is 1. The summed E-state index contributed by atoms with van der Waals surface area (Å²) >= 11 is 0. The quantitative estimate of drug-likeness (QED) is 0.839. The van der Waals surface area contributed by atoms with Crippen molar-refractivity contribution in [3.05, 3.63) is 40.8 Å². The SMILES string of the molecule is O=C(Cn1c(=O)cnc2ccccc21)N1CCN(CC2CC2)CC1. The molecule has 0 spiro atoms. The van der Waals surface area contributed by atoms with E-state index in [9.17, 15) is 9.59 Å². The van der Waals surface area contributed by atoms with Gasteiger partial charge in [0.05, 0.1) is 17.2 Å². The van der Waals surface area contributed by atoms with Gasteiger partial charge in [-0.3, -0.25) is 19.1 Å². The highest BCUT2D eigenvalue weighted by molar-refractivity contribution is 5.80. The lowest BCUT2D eigenvalue weighted by atomic mass is 10.2. The summed E-state index contributed by atoms with van der Waals surface area (Å²) in [7, 11) is 0. The maximum absolute atomic E-state index is 12.6. The van der Waals surface area contributed by atoms with Crippen LogP contribution in [0.4, 0.5) is 0 Å². The zero-order valence-corrected chi connectivity index (χ0v) is 13.7. The van der Waals surface area contributed by atoms with E-state index in [1.54, 1.807) is 0 Å². The molecule has 0 atom stereocenters. The molecule has 4 rings (SSSR count). The Hall–Kier alpha value is -2.21. The van der Waals surface area contributed by atoms with Crippen molar-refractivity contribution in [3.63, 3.8) is 0 Å². The molecule has 1 aromatic carbocycles. The van der Waals surface area contributed by atoms with E-state index in [1.165, 1.54) is 30.2 Å². The highest BCUT2D eigenvalue weighted by atomic mass is 16.2. The molecular formula is C18H22N4O2. The Labute approximate surface area is 140 Å². The summed E-state index contributed by atoms with van der Waals surface area (Å²) < 4.78 is 1.53. The summed E-state index contributed by atoms with van der Waals surface area (Å²) in [5, 5.41) is 0. The number of piperazine rings is 1. The number of aromatic nitrogens is 2. The van der Waals surface area contributed by atoms with Gasteiger partial charge in [-0.15, -0.1) is 0 Å². The molecule has 1 aliphatic heterocycles. The molecule has 2 fully saturated rings. The highest BCUT2D eigenvalue weighted by Crippen LogP contribution is 2.29. The van der Waals surface area contributed by atoms with E-state index >= 15 is 0 Å². The van der Waals surface area contributed by atoms with E-state index < -0.39 is 0 Å². The number of para-hydroxylation sites is 2. The molecule has 0 bridgehead atoms. The minimum absolute atomic E-state index is 0.0134. The van der Waals surface area contributed by atoms with Gasteiger partial charge in [0.25, 0.3) is 5.56 Å². The zero-order valence-electron chi connectivity index (χ0n) is 13.7. The Morgan fingerprint density at radius 1 is 1.12 bits per heavy atom. The molecule has 1 amide bonds. The number of hydrogen-bond donors (Lipinski definition) is 0. The van der Waals surface area contributed by atoms with Crippen LogP contribution >= 0.6 is 0 Å². The van der Waals surface area contributed by atoms with Crippen LogP contribution in [0.25, 0.3) is 11.0 Å². The number of carbonyl (C=O) groups is 1. The fourth-order valence-electron chi connectivity index (χ4n) is 3.36. The fourth-order valence-corrected chi connectivity index (χ4v) is 3.36. The third-order valence-electron chi connectivity index (χ3n) is 4.98. The maximum Gasteiger partial charge on any atom is 0.269 e. The van der Waals surface area contributed by atoms with E-state index in [0.29, 0.717) is 5.52 Å². The van der Waals surface area contributed by atoms with Crippen LogP contribution in [-0.4, -0.2) is 58.0 Å². The van der Waals surface area contributed by atoms with Gasteiger partial charge < -0.3 is 4.90 Å². The number of carbonyl (C=O) groups excluding carboxylic acids is 1. The molecule has 24 heavy (non-hydrogen) atoms. The van der Waals surface area contributed by atoms with Crippen LogP contribution in [0.2, 0.25) is 0 Å². The van der Waals surface area contributed by atoms with Gasteiger partial charge in [0.15, 0.2) is 0 Å². The Morgan fingerprint density at radius 3 is 2.62 bits per heavy atom. The van der Waals surface area contributed by atoms with Gasteiger partial charge in [-0.05, 0) is 30.9 Å². The predicted molar refractivity (Wildman–Crippen MR) is 91.7 cm³/mol. The summed E-state index contributed by atoms with van der Waals surface area (Å²) in [6, 6.07) is 7.43. The number of rotatable bonds is 4. The monoisotopic (exact) mass is 326 g/mol. The van der Waals surface area contributed by atoms with Gasteiger partial charge in [-0.2, -0.15) is 0 Å². The third kappa shape index (κ3) is 3.19. The Morgan fingerprint density at radius 2 is 1.88 bits per heavy atom. The van der Waals surface area contributed by atoms with Gasteiger partial charge in [-0.25, -0.2) is 4.98 Å². The molecule has 1 aromatic heterocycles. The normalized spacial score (nSPS) is 18.9. The number of fused-ring (bicyclic) bond motifs is 1. The molecule has 0 unspecified atom stereocenters. The molecule has 6 heteroatoms. The summed E-state index contributed by atoms with van der Waals surface area (Å²) in [5.74, 6) is 0.897. The highest BCUT2D eigenvalue weighted by Gasteiger charge is 2.27. The first-order chi connectivity index (χ1) is 11.7. The topological polar surface area (TPSA) is 58.4 Å². The van der Waals surface area contributed by atoms with E-state index in [-0.39, 0.29) is 18.0 Å². The van der Waals surface area contributed by atoms with Gasteiger partial charge >= 0.3 is 0 Å². The van der Waals surface area contributed by atoms with Gasteiger partial charge in [-0.1, -0.05) is 12.1 Å². The van der Waals surface area contributed by atoms with Crippen molar-refractivity contribution < 1.29 is 4.79 Å². The molecule has 2 aliphatic rings. The number of hydrogen-bond acceptors (Lipinski definition) is 4. The third-order valence-corrected chi connectivity index (χ3v) is 4.98. The average molecular weight is 326 g/mol. The average Bonchev–Trinajstić information content (AvgIpc) is 3.42. The Balaban J connectivity index is 1.45. The van der Waals surface area contributed by atoms with Crippen molar-refractivity contribution in [2.24, 2.45) is 5.92 Å². The van der Waals surface area contributed by atoms with E-state index in [1.807, 2.05) is 29.2 Å². The molecule has 1 saturated carbocycles. The van der Waals surface area contributed by atoms with Gasteiger partial charge in [0.2, 0.25) is 5.91 Å². The molecule has 126 valence electrons. The second-order valence-corrected chi connectivity index (χ2v) is 6.80. The summed E-state index contributed by atoms with van der Waals surface area (Å²) in [6.07, 6.45) is 4.01. The second kappa shape index (κ2) is 6.36. The molecule has 0 radical (unpaired) electrons. The lowest BCUT2D eigenvalue weighted by Crippen LogP contribution is -2.50. The van der Waals surface area contributed by atoms with Crippen LogP contribution in [0.5, 0.6) is 0 Å². The Bertz CT molecular complexity index is 804. The maximum atomic E-state index is 12.6. The van der Waals surface area contributed by atoms with Crippen molar-refractivity contribution in [2.45, 2.75) is 19.4 Å². The lowest BCUT2D eigenvalue weighted by molar-refractivity contribution is -0.133. The van der Waals surface area contributed by atoms with Crippen molar-refractivity contribution in [2.75, 3.05) is 32.7 Å². The fraction of sp³-hybridized carbons (Fsp3) is 0.500. The van der Waals surface area contributed by atoms with Crippen LogP contribution < -0.4 is 5.56 Å². The van der Waals surface area contributed by atoms with Gasteiger partial charge in [0, 0.05) is 32.7 Å². The first-order valence-electron chi connectivity index (χ1n) is 8.65.